The number of para-hydroxylation sites is 2. The number of β-lactam (4-membered cyclic amide) rings is 1. The van der Waals surface area contributed by atoms with Crippen LogP contribution in [0, 0.1) is 0 Å². The second-order valence-electron chi connectivity index (χ2n) is 11.1. The molecule has 5 heterocycles. The Kier molecular flexibility index (Phi) is 9.32. The van der Waals surface area contributed by atoms with Crippen LogP contribution < -0.4 is 20.9 Å². The highest BCUT2D eigenvalue weighted by Crippen LogP contribution is 2.41. The lowest BCUT2D eigenvalue weighted by Crippen LogP contribution is -2.71. The number of rotatable bonds is 10. The van der Waals surface area contributed by atoms with Crippen LogP contribution in [0.3, 0.4) is 0 Å². The van der Waals surface area contributed by atoms with E-state index in [1.807, 2.05) is 0 Å². The second kappa shape index (κ2) is 13.8. The molecule has 0 saturated carbocycles. The lowest BCUT2D eigenvalue weighted by atomic mass is 10.0. The number of nitrogens with two attached hydrogens (primary N) is 1. The number of pyridine rings is 1. The highest BCUT2D eigenvalue weighted by molar-refractivity contribution is 8.00. The Morgan fingerprint density at radius 3 is 2.59 bits per heavy atom. The van der Waals surface area contributed by atoms with Crippen molar-refractivity contribution in [2.75, 3.05) is 23.3 Å². The van der Waals surface area contributed by atoms with Crippen LogP contribution in [0.4, 0.5) is 10.8 Å². The second-order valence-corrected chi connectivity index (χ2v) is 13.1. The van der Waals surface area contributed by atoms with Crippen LogP contribution in [0.15, 0.2) is 82.2 Å². The molecule has 3 aliphatic heterocycles. The minimum Gasteiger partial charge on any atom is -0.506 e. The first-order valence-electron chi connectivity index (χ1n) is 14.7. The first-order valence-corrected chi connectivity index (χ1v) is 16.7. The number of hydrogen-bond donors (Lipinski definition) is 6. The number of carbonyl (C=O) groups excluding carboxylic acids is 4. The quantitative estimate of drug-likeness (QED) is 0.0326. The van der Waals surface area contributed by atoms with E-state index in [1.165, 1.54) is 29.3 Å². The van der Waals surface area contributed by atoms with Gasteiger partial charge in [0.15, 0.2) is 23.2 Å². The third-order valence-electron chi connectivity index (χ3n) is 7.97. The Morgan fingerprint density at radius 2 is 1.92 bits per heavy atom. The monoisotopic (exact) mass is 705 g/mol. The number of carbonyl (C=O) groups is 5. The van der Waals surface area contributed by atoms with E-state index in [1.54, 1.807) is 52.2 Å². The number of aliphatic carboxylic acids is 1. The fraction of sp³-hybridized carbons (Fsp3) is 0.226. The predicted molar refractivity (Wildman–Crippen MR) is 176 cm³/mol. The van der Waals surface area contributed by atoms with Crippen molar-refractivity contribution in [3.63, 3.8) is 0 Å². The van der Waals surface area contributed by atoms with Crippen LogP contribution in [0.1, 0.15) is 17.7 Å². The molecule has 3 aliphatic rings. The van der Waals surface area contributed by atoms with Gasteiger partial charge in [-0.2, -0.15) is 4.57 Å². The molecule has 3 aromatic rings. The van der Waals surface area contributed by atoms with Gasteiger partial charge in [0.2, 0.25) is 12.5 Å². The normalized spacial score (nSPS) is 19.9. The number of benzene rings is 1. The van der Waals surface area contributed by atoms with Crippen LogP contribution in [0.2, 0.25) is 0 Å². The Bertz CT molecular complexity index is 1960. The zero-order valence-corrected chi connectivity index (χ0v) is 27.1. The molecule has 2 saturated heterocycles. The van der Waals surface area contributed by atoms with Gasteiger partial charge in [0.25, 0.3) is 17.7 Å². The molecule has 0 unspecified atom stereocenters. The fourth-order valence-corrected chi connectivity index (χ4v) is 7.44. The Labute approximate surface area is 286 Å². The van der Waals surface area contributed by atoms with Crippen LogP contribution in [0.25, 0.3) is 0 Å². The van der Waals surface area contributed by atoms with Crippen LogP contribution in [-0.2, 0) is 37.1 Å². The summed E-state index contributed by atoms with van der Waals surface area (Å²) in [7, 11) is 0. The molecule has 2 fully saturated rings. The van der Waals surface area contributed by atoms with E-state index in [0.29, 0.717) is 36.3 Å². The Hall–Kier alpha value is -5.75. The lowest BCUT2D eigenvalue weighted by Gasteiger charge is -2.49. The summed E-state index contributed by atoms with van der Waals surface area (Å²) in [5.41, 5.74) is 6.76. The fourth-order valence-electron chi connectivity index (χ4n) is 5.59. The third-order valence-corrected chi connectivity index (χ3v) is 9.94. The summed E-state index contributed by atoms with van der Waals surface area (Å²) in [6, 6.07) is 8.93. The SMILES string of the molecule is Nc1nc(/C(=N/O)C(=O)N[C@@H]2C(=O)N3C(C(=O)O)=C(/C=C4\CCN(Cc5cc[n+](CC(=O)Nc6ccccc6O)cc5)C4=O)CS[C@H]23)cs1. The van der Waals surface area contributed by atoms with E-state index in [0.717, 1.165) is 21.8 Å². The molecule has 6 rings (SSSR count). The summed E-state index contributed by atoms with van der Waals surface area (Å²) >= 11 is 2.27. The number of aromatic hydroxyl groups is 1. The number of allylic oxidation sites excluding steroid dienone is 1. The molecule has 0 bridgehead atoms. The van der Waals surface area contributed by atoms with E-state index in [2.05, 4.69) is 20.8 Å². The molecule has 252 valence electrons. The maximum Gasteiger partial charge on any atom is 0.352 e. The number of thiazole rings is 1. The van der Waals surface area contributed by atoms with E-state index in [-0.39, 0.29) is 46.4 Å². The number of phenols is 1. The number of aromatic nitrogens is 2. The molecule has 0 radical (unpaired) electrons. The van der Waals surface area contributed by atoms with Gasteiger partial charge in [0.05, 0.1) is 5.69 Å². The maximum atomic E-state index is 13.3. The van der Waals surface area contributed by atoms with Crippen molar-refractivity contribution < 1.29 is 44.0 Å². The van der Waals surface area contributed by atoms with Crippen LogP contribution >= 0.6 is 23.1 Å². The van der Waals surface area contributed by atoms with Crippen molar-refractivity contribution in [3.05, 3.63) is 88.3 Å². The average molecular weight is 706 g/mol. The van der Waals surface area contributed by atoms with Gasteiger partial charge >= 0.3 is 5.97 Å². The van der Waals surface area contributed by atoms with Crippen molar-refractivity contribution in [2.45, 2.75) is 30.9 Å². The number of amides is 4. The first-order chi connectivity index (χ1) is 23.5. The van der Waals surface area contributed by atoms with Gasteiger partial charge in [-0.3, -0.25) is 24.1 Å². The highest BCUT2D eigenvalue weighted by Gasteiger charge is 2.54. The molecule has 1 aromatic carbocycles. The van der Waals surface area contributed by atoms with E-state index in [9.17, 15) is 39.4 Å². The number of phenolic OH excluding ortho intramolecular Hbond substituents is 1. The number of carboxylic acid groups (broad SMARTS) is 1. The summed E-state index contributed by atoms with van der Waals surface area (Å²) in [6.45, 7) is 0.711. The van der Waals surface area contributed by atoms with E-state index < -0.39 is 34.9 Å². The van der Waals surface area contributed by atoms with Crippen molar-refractivity contribution >= 4 is 69.2 Å². The summed E-state index contributed by atoms with van der Waals surface area (Å²) in [6.07, 6.45) is 5.32. The molecule has 7 N–H and O–H groups in total. The molecular weight excluding hydrogens is 677 g/mol. The number of oxime groups is 1. The van der Waals surface area contributed by atoms with Crippen LogP contribution in [0.5, 0.6) is 5.75 Å². The van der Waals surface area contributed by atoms with Gasteiger partial charge in [-0.25, -0.2) is 9.78 Å². The minimum absolute atomic E-state index is 0.0107. The van der Waals surface area contributed by atoms with Crippen LogP contribution in [-0.4, -0.2) is 89.2 Å². The van der Waals surface area contributed by atoms with Gasteiger partial charge in [-0.05, 0) is 35.8 Å². The molecule has 18 heteroatoms. The van der Waals surface area contributed by atoms with Crippen molar-refractivity contribution in [1.82, 2.24) is 20.1 Å². The number of nitrogens with zero attached hydrogens (tertiary/aromatic N) is 5. The molecule has 4 amide bonds. The third kappa shape index (κ3) is 6.81. The first kappa shape index (κ1) is 33.2. The molecule has 2 atom stereocenters. The molecular formula is C31H29N8O8S2+. The van der Waals surface area contributed by atoms with Gasteiger partial charge in [-0.15, -0.1) is 23.1 Å². The molecule has 2 aromatic heterocycles. The van der Waals surface area contributed by atoms with Crippen molar-refractivity contribution in [1.29, 1.82) is 0 Å². The maximum absolute atomic E-state index is 13.3. The number of nitrogen functional groups attached to an aromatic ring is 1. The van der Waals surface area contributed by atoms with Gasteiger partial charge in [0, 0.05) is 41.9 Å². The predicted octanol–water partition coefficient (Wildman–Crippen LogP) is 0.633. The number of carboxylic acids is 1. The zero-order valence-electron chi connectivity index (χ0n) is 25.5. The topological polar surface area (TPSA) is 232 Å². The van der Waals surface area contributed by atoms with E-state index in [4.69, 9.17) is 5.73 Å². The minimum atomic E-state index is -1.35. The van der Waals surface area contributed by atoms with Gasteiger partial charge in [-0.1, -0.05) is 17.3 Å². The Morgan fingerprint density at radius 1 is 1.16 bits per heavy atom. The smallest absolute Gasteiger partial charge is 0.352 e. The zero-order chi connectivity index (χ0) is 34.8. The molecule has 49 heavy (non-hydrogen) atoms. The largest absolute Gasteiger partial charge is 0.506 e. The van der Waals surface area contributed by atoms with Crippen molar-refractivity contribution in [3.8, 4) is 5.75 Å². The molecule has 0 aliphatic carbocycles. The number of likely N-dealkylation sites (tertiary alicyclic amines) is 1. The van der Waals surface area contributed by atoms with E-state index >= 15 is 0 Å². The lowest BCUT2D eigenvalue weighted by molar-refractivity contribution is -0.684. The summed E-state index contributed by atoms with van der Waals surface area (Å²) in [4.78, 5) is 70.6. The summed E-state index contributed by atoms with van der Waals surface area (Å²) in [5.74, 6) is -3.34. The number of fused-ring (bicyclic) bond motifs is 1. The molecule has 16 nitrogen and oxygen atoms in total. The Balaban J connectivity index is 1.08. The highest BCUT2D eigenvalue weighted by atomic mass is 32.2. The average Bonchev–Trinajstić information content (AvgIpc) is 3.66. The van der Waals surface area contributed by atoms with Gasteiger partial charge in [0.1, 0.15) is 28.6 Å². The van der Waals surface area contributed by atoms with Gasteiger partial charge < -0.3 is 36.7 Å². The summed E-state index contributed by atoms with van der Waals surface area (Å²) in [5, 5.41) is 38.3. The number of anilines is 2. The standard InChI is InChI=1S/C31H28N8O8S2/c32-31-34-20(15-49-31)23(36-47)26(42)35-24-28(44)39-25(30(45)46)18(14-48-29(24)39)11-17-7-10-38(27(17)43)12-16-5-8-37(9-6-16)13-22(41)33-19-3-1-2-4-21(19)40/h1-6,8-9,11,15,24,29H,7,10,12-14H2,(H6-,32,33,34,35,36,40,41,42,45,46,47)/p+1/b17-11+/t24-,29-/m1/s1. The number of thioether (sulfide) groups is 1. The number of hydrogen-bond acceptors (Lipinski definition) is 12. The summed E-state index contributed by atoms with van der Waals surface area (Å²) < 4.78 is 1.66. The molecule has 0 spiro atoms. The van der Waals surface area contributed by atoms with Crippen molar-refractivity contribution in [2.24, 2.45) is 5.16 Å². The number of nitrogens with one attached hydrogen (secondary N) is 2.